The first-order chi connectivity index (χ1) is 6.90. The Hall–Kier alpha value is -1.40. The van der Waals surface area contributed by atoms with Crippen LogP contribution in [0.15, 0.2) is 12.3 Å². The van der Waals surface area contributed by atoms with Gasteiger partial charge in [-0.3, -0.25) is 0 Å². The smallest absolute Gasteiger partial charge is 0.132 e. The van der Waals surface area contributed by atoms with Gasteiger partial charge < -0.3 is 4.74 Å². The van der Waals surface area contributed by atoms with Crippen LogP contribution in [0.1, 0.15) is 30.3 Å². The molecule has 0 radical (unpaired) electrons. The van der Waals surface area contributed by atoms with Crippen LogP contribution in [0, 0.1) is 11.8 Å². The van der Waals surface area contributed by atoms with E-state index in [0.717, 1.165) is 11.5 Å². The van der Waals surface area contributed by atoms with Gasteiger partial charge in [0, 0.05) is 19.2 Å². The zero-order valence-corrected chi connectivity index (χ0v) is 8.16. The molecule has 0 atom stereocenters. The van der Waals surface area contributed by atoms with Crippen LogP contribution in [0.5, 0.6) is 0 Å². The average molecular weight is 188 g/mol. The lowest BCUT2D eigenvalue weighted by Crippen LogP contribution is -1.94. The molecule has 72 valence electrons. The van der Waals surface area contributed by atoms with Crippen LogP contribution in [-0.2, 0) is 4.74 Å². The monoisotopic (exact) mass is 188 g/mol. The molecule has 3 nitrogen and oxygen atoms in total. The van der Waals surface area contributed by atoms with E-state index in [9.17, 15) is 0 Å². The van der Waals surface area contributed by atoms with Gasteiger partial charge in [-0.15, -0.1) is 0 Å². The molecule has 0 aliphatic heterocycles. The quantitative estimate of drug-likeness (QED) is 0.657. The van der Waals surface area contributed by atoms with Gasteiger partial charge in [0.1, 0.15) is 18.1 Å². The first-order valence-electron chi connectivity index (χ1n) is 4.71. The van der Waals surface area contributed by atoms with E-state index < -0.39 is 0 Å². The molecule has 1 aliphatic rings. The van der Waals surface area contributed by atoms with Gasteiger partial charge in [0.15, 0.2) is 0 Å². The molecule has 1 fully saturated rings. The number of aromatic nitrogens is 2. The van der Waals surface area contributed by atoms with Crippen molar-refractivity contribution in [1.82, 2.24) is 9.97 Å². The van der Waals surface area contributed by atoms with Crippen molar-refractivity contribution in [3.8, 4) is 11.8 Å². The lowest BCUT2D eigenvalue weighted by molar-refractivity contribution is 0.240. The maximum absolute atomic E-state index is 4.84. The van der Waals surface area contributed by atoms with Crippen LogP contribution < -0.4 is 0 Å². The third-order valence-corrected chi connectivity index (χ3v) is 2.05. The summed E-state index contributed by atoms with van der Waals surface area (Å²) < 4.78 is 4.84. The second kappa shape index (κ2) is 4.21. The predicted molar refractivity (Wildman–Crippen MR) is 52.8 cm³/mol. The summed E-state index contributed by atoms with van der Waals surface area (Å²) in [5.41, 5.74) is 0.791. The maximum Gasteiger partial charge on any atom is 0.132 e. The van der Waals surface area contributed by atoms with Gasteiger partial charge in [-0.25, -0.2) is 9.97 Å². The highest BCUT2D eigenvalue weighted by Gasteiger charge is 2.26. The summed E-state index contributed by atoms with van der Waals surface area (Å²) in [4.78, 5) is 8.59. The van der Waals surface area contributed by atoms with Gasteiger partial charge in [0.05, 0.1) is 0 Å². The van der Waals surface area contributed by atoms with Crippen molar-refractivity contribution in [2.24, 2.45) is 0 Å². The normalized spacial score (nSPS) is 14.6. The van der Waals surface area contributed by atoms with Gasteiger partial charge in [0.25, 0.3) is 0 Å². The number of methoxy groups -OCH3 is 1. The Balaban J connectivity index is 2.10. The fourth-order valence-electron chi connectivity index (χ4n) is 1.18. The molecule has 0 aromatic carbocycles. The summed E-state index contributed by atoms with van der Waals surface area (Å²) >= 11 is 0. The minimum atomic E-state index is 0.447. The van der Waals surface area contributed by atoms with Crippen molar-refractivity contribution < 1.29 is 4.74 Å². The summed E-state index contributed by atoms with van der Waals surface area (Å²) in [7, 11) is 1.63. The molecule has 1 aromatic rings. The predicted octanol–water partition coefficient (Wildman–Crippen LogP) is 1.35. The molecule has 14 heavy (non-hydrogen) atoms. The van der Waals surface area contributed by atoms with E-state index in [1.54, 1.807) is 13.3 Å². The molecule has 0 amide bonds. The standard InChI is InChI=1S/C11H12N2O/c1-14-8-2-3-10-6-7-12-11(13-10)9-4-5-9/h6-7,9H,4-5,8H2,1H3. The van der Waals surface area contributed by atoms with Crippen LogP contribution in [0.4, 0.5) is 0 Å². The zero-order valence-electron chi connectivity index (χ0n) is 8.16. The van der Waals surface area contributed by atoms with E-state index in [4.69, 9.17) is 4.74 Å². The largest absolute Gasteiger partial charge is 0.372 e. The highest BCUT2D eigenvalue weighted by molar-refractivity contribution is 5.27. The Morgan fingerprint density at radius 3 is 3.14 bits per heavy atom. The van der Waals surface area contributed by atoms with Crippen LogP contribution in [0.25, 0.3) is 0 Å². The first kappa shape index (κ1) is 9.17. The zero-order chi connectivity index (χ0) is 9.80. The number of hydrogen-bond donors (Lipinski definition) is 0. The molecule has 0 unspecified atom stereocenters. The Morgan fingerprint density at radius 1 is 1.57 bits per heavy atom. The minimum absolute atomic E-state index is 0.447. The molecule has 2 rings (SSSR count). The topological polar surface area (TPSA) is 35.0 Å². The number of ether oxygens (including phenoxy) is 1. The Kier molecular flexibility index (Phi) is 2.76. The van der Waals surface area contributed by atoms with E-state index in [-0.39, 0.29) is 0 Å². The summed E-state index contributed by atoms with van der Waals surface area (Å²) in [5.74, 6) is 7.34. The number of nitrogens with zero attached hydrogens (tertiary/aromatic N) is 2. The van der Waals surface area contributed by atoms with Crippen molar-refractivity contribution in [3.05, 3.63) is 23.8 Å². The molecule has 3 heteroatoms. The molecule has 0 saturated heterocycles. The van der Waals surface area contributed by atoms with Gasteiger partial charge >= 0.3 is 0 Å². The van der Waals surface area contributed by atoms with Gasteiger partial charge in [0.2, 0.25) is 0 Å². The SMILES string of the molecule is COCC#Cc1ccnc(C2CC2)n1. The molecule has 0 N–H and O–H groups in total. The van der Waals surface area contributed by atoms with Crippen LogP contribution in [0.2, 0.25) is 0 Å². The third-order valence-electron chi connectivity index (χ3n) is 2.05. The lowest BCUT2D eigenvalue weighted by atomic mass is 10.3. The second-order valence-electron chi connectivity index (χ2n) is 3.31. The van der Waals surface area contributed by atoms with Gasteiger partial charge in [-0.1, -0.05) is 5.92 Å². The Bertz CT molecular complexity index is 374. The van der Waals surface area contributed by atoms with Crippen LogP contribution >= 0.6 is 0 Å². The second-order valence-corrected chi connectivity index (χ2v) is 3.31. The van der Waals surface area contributed by atoms with Crippen molar-refractivity contribution in [2.75, 3.05) is 13.7 Å². The molecule has 1 aliphatic carbocycles. The Labute approximate surface area is 83.5 Å². The molecular formula is C11H12N2O. The number of rotatable bonds is 2. The molecule has 0 spiro atoms. The van der Waals surface area contributed by atoms with Crippen molar-refractivity contribution >= 4 is 0 Å². The van der Waals surface area contributed by atoms with Crippen molar-refractivity contribution in [3.63, 3.8) is 0 Å². The fourth-order valence-corrected chi connectivity index (χ4v) is 1.18. The third kappa shape index (κ3) is 2.30. The van der Waals surface area contributed by atoms with Crippen LogP contribution in [0.3, 0.4) is 0 Å². The Morgan fingerprint density at radius 2 is 2.43 bits per heavy atom. The summed E-state index contributed by atoms with van der Waals surface area (Å²) in [6.45, 7) is 0.447. The number of hydrogen-bond acceptors (Lipinski definition) is 3. The fraction of sp³-hybridized carbons (Fsp3) is 0.455. The van der Waals surface area contributed by atoms with E-state index in [2.05, 4.69) is 21.8 Å². The maximum atomic E-state index is 4.84. The van der Waals surface area contributed by atoms with E-state index in [1.165, 1.54) is 12.8 Å². The summed E-state index contributed by atoms with van der Waals surface area (Å²) in [6.07, 6.45) is 4.21. The molecule has 0 bridgehead atoms. The van der Waals surface area contributed by atoms with Crippen molar-refractivity contribution in [2.45, 2.75) is 18.8 Å². The average Bonchev–Trinajstić information content (AvgIpc) is 3.02. The summed E-state index contributed by atoms with van der Waals surface area (Å²) in [5, 5.41) is 0. The lowest BCUT2D eigenvalue weighted by Gasteiger charge is -1.95. The highest BCUT2D eigenvalue weighted by atomic mass is 16.5. The van der Waals surface area contributed by atoms with Gasteiger partial charge in [-0.2, -0.15) is 0 Å². The molecular weight excluding hydrogens is 176 g/mol. The molecule has 1 aromatic heterocycles. The molecule has 1 saturated carbocycles. The van der Waals surface area contributed by atoms with Crippen molar-refractivity contribution in [1.29, 1.82) is 0 Å². The van der Waals surface area contributed by atoms with Gasteiger partial charge in [-0.05, 0) is 24.8 Å². The minimum Gasteiger partial charge on any atom is -0.372 e. The first-order valence-corrected chi connectivity index (χ1v) is 4.71. The highest BCUT2D eigenvalue weighted by Crippen LogP contribution is 2.37. The van der Waals surface area contributed by atoms with E-state index in [1.807, 2.05) is 6.07 Å². The van der Waals surface area contributed by atoms with Crippen LogP contribution in [-0.4, -0.2) is 23.7 Å². The van der Waals surface area contributed by atoms with E-state index >= 15 is 0 Å². The molecule has 1 heterocycles. The summed E-state index contributed by atoms with van der Waals surface area (Å²) in [6, 6.07) is 1.83. The van der Waals surface area contributed by atoms with E-state index in [0.29, 0.717) is 12.5 Å².